The maximum Gasteiger partial charge on any atom is 0.434 e. The summed E-state index contributed by atoms with van der Waals surface area (Å²) < 4.78 is 12.3. The molecule has 0 spiro atoms. The van der Waals surface area contributed by atoms with E-state index in [2.05, 4.69) is 33.0 Å². The Kier molecular flexibility index (Phi) is 6.93. The molecular formula is C21H20IN3O5. The molecule has 0 aliphatic rings. The number of anilines is 1. The zero-order chi connectivity index (χ0) is 21.7. The molecule has 0 aliphatic heterocycles. The summed E-state index contributed by atoms with van der Waals surface area (Å²) in [6.45, 7) is 0. The van der Waals surface area contributed by atoms with Crippen LogP contribution in [0.4, 0.5) is 10.6 Å². The summed E-state index contributed by atoms with van der Waals surface area (Å²) in [6.07, 6.45) is -0.209. The standard InChI is InChI=1S/C21H20IN3O5/c1-29-17-9-13(10-18(12-17)30-2)3-8-16-11-19(25(24-16)21(27)28)23-20(26)14-4-6-15(22)7-5-14/h4-7,9-12H,3,8H2,1-2H3,(H,23,26)(H,27,28). The number of benzene rings is 2. The molecule has 0 saturated carbocycles. The van der Waals surface area contributed by atoms with Gasteiger partial charge in [-0.2, -0.15) is 5.10 Å². The third-order valence-corrected chi connectivity index (χ3v) is 5.09. The number of methoxy groups -OCH3 is 2. The minimum Gasteiger partial charge on any atom is -0.497 e. The van der Waals surface area contributed by atoms with Crippen LogP contribution < -0.4 is 14.8 Å². The second-order valence-electron chi connectivity index (χ2n) is 6.40. The van der Waals surface area contributed by atoms with E-state index in [0.29, 0.717) is 35.6 Å². The van der Waals surface area contributed by atoms with Gasteiger partial charge in [-0.05, 0) is 77.4 Å². The highest BCUT2D eigenvalue weighted by atomic mass is 127. The van der Waals surface area contributed by atoms with Crippen molar-refractivity contribution in [3.8, 4) is 11.5 Å². The number of carboxylic acid groups (broad SMARTS) is 1. The number of ether oxygens (including phenoxy) is 2. The highest BCUT2D eigenvalue weighted by molar-refractivity contribution is 14.1. The predicted molar refractivity (Wildman–Crippen MR) is 120 cm³/mol. The van der Waals surface area contributed by atoms with Crippen molar-refractivity contribution in [3.63, 3.8) is 0 Å². The third-order valence-electron chi connectivity index (χ3n) is 4.37. The van der Waals surface area contributed by atoms with Crippen LogP contribution in [0.15, 0.2) is 48.5 Å². The van der Waals surface area contributed by atoms with Gasteiger partial charge in [-0.1, -0.05) is 0 Å². The molecule has 1 heterocycles. The van der Waals surface area contributed by atoms with Crippen molar-refractivity contribution in [2.24, 2.45) is 0 Å². The molecule has 1 amide bonds. The van der Waals surface area contributed by atoms with Gasteiger partial charge < -0.3 is 19.9 Å². The summed E-state index contributed by atoms with van der Waals surface area (Å²) in [5.41, 5.74) is 1.93. The van der Waals surface area contributed by atoms with Gasteiger partial charge in [0, 0.05) is 21.3 Å². The Morgan fingerprint density at radius 1 is 1.03 bits per heavy atom. The first-order valence-electron chi connectivity index (χ1n) is 9.00. The molecule has 0 radical (unpaired) electrons. The smallest absolute Gasteiger partial charge is 0.434 e. The first-order chi connectivity index (χ1) is 14.4. The van der Waals surface area contributed by atoms with Crippen LogP contribution in [0.25, 0.3) is 0 Å². The number of hydrogen-bond donors (Lipinski definition) is 2. The molecule has 1 aromatic heterocycles. The van der Waals surface area contributed by atoms with Crippen LogP contribution in [0.3, 0.4) is 0 Å². The number of nitrogens with zero attached hydrogens (tertiary/aromatic N) is 2. The van der Waals surface area contributed by atoms with Crippen molar-refractivity contribution in [3.05, 3.63) is 68.9 Å². The van der Waals surface area contributed by atoms with Crippen molar-refractivity contribution >= 4 is 40.4 Å². The summed E-state index contributed by atoms with van der Waals surface area (Å²) in [5, 5.41) is 16.2. The average molecular weight is 521 g/mol. The molecule has 0 aliphatic carbocycles. The molecule has 30 heavy (non-hydrogen) atoms. The number of carbonyl (C=O) groups is 2. The van der Waals surface area contributed by atoms with Crippen LogP contribution in [-0.4, -0.2) is 41.1 Å². The fraction of sp³-hybridized carbons (Fsp3) is 0.190. The van der Waals surface area contributed by atoms with E-state index >= 15 is 0 Å². The molecule has 0 unspecified atom stereocenters. The van der Waals surface area contributed by atoms with Crippen LogP contribution in [-0.2, 0) is 12.8 Å². The van der Waals surface area contributed by atoms with E-state index in [9.17, 15) is 14.7 Å². The molecule has 3 rings (SSSR count). The maximum absolute atomic E-state index is 12.5. The van der Waals surface area contributed by atoms with E-state index in [1.54, 1.807) is 50.6 Å². The van der Waals surface area contributed by atoms with Crippen LogP contribution in [0, 0.1) is 3.57 Å². The Balaban J connectivity index is 1.76. The number of rotatable bonds is 7. The number of halogens is 1. The Morgan fingerprint density at radius 3 is 2.23 bits per heavy atom. The normalized spacial score (nSPS) is 10.5. The minimum atomic E-state index is -1.28. The summed E-state index contributed by atoms with van der Waals surface area (Å²) >= 11 is 2.14. The Bertz CT molecular complexity index is 1040. The van der Waals surface area contributed by atoms with Crippen LogP contribution in [0.2, 0.25) is 0 Å². The average Bonchev–Trinajstić information content (AvgIpc) is 3.15. The van der Waals surface area contributed by atoms with E-state index in [-0.39, 0.29) is 5.82 Å². The highest BCUT2D eigenvalue weighted by Crippen LogP contribution is 2.24. The van der Waals surface area contributed by atoms with Crippen LogP contribution in [0.1, 0.15) is 21.6 Å². The zero-order valence-corrected chi connectivity index (χ0v) is 18.5. The molecule has 2 aromatic carbocycles. The van der Waals surface area contributed by atoms with Gasteiger partial charge in [0.05, 0.1) is 19.9 Å². The summed E-state index contributed by atoms with van der Waals surface area (Å²) in [6, 6.07) is 14.1. The molecule has 0 atom stereocenters. The maximum atomic E-state index is 12.5. The highest BCUT2D eigenvalue weighted by Gasteiger charge is 2.17. The van der Waals surface area contributed by atoms with E-state index in [1.165, 1.54) is 0 Å². The van der Waals surface area contributed by atoms with Gasteiger partial charge in [0.1, 0.15) is 17.3 Å². The fourth-order valence-electron chi connectivity index (χ4n) is 2.86. The van der Waals surface area contributed by atoms with Gasteiger partial charge in [-0.25, -0.2) is 4.79 Å². The number of aryl methyl sites for hydroxylation is 2. The van der Waals surface area contributed by atoms with Crippen molar-refractivity contribution in [1.29, 1.82) is 0 Å². The number of nitrogens with one attached hydrogen (secondary N) is 1. The van der Waals surface area contributed by atoms with E-state index in [1.807, 2.05) is 12.1 Å². The SMILES string of the molecule is COc1cc(CCc2cc(NC(=O)c3ccc(I)cc3)n(C(=O)O)n2)cc(OC)c1. The molecule has 0 fully saturated rings. The lowest BCUT2D eigenvalue weighted by atomic mass is 10.1. The Labute approximate surface area is 186 Å². The van der Waals surface area contributed by atoms with Gasteiger partial charge in [0.15, 0.2) is 0 Å². The lowest BCUT2D eigenvalue weighted by molar-refractivity contribution is 0.102. The van der Waals surface area contributed by atoms with Crippen molar-refractivity contribution < 1.29 is 24.2 Å². The van der Waals surface area contributed by atoms with Crippen LogP contribution >= 0.6 is 22.6 Å². The van der Waals surface area contributed by atoms with Gasteiger partial charge in [0.2, 0.25) is 0 Å². The largest absolute Gasteiger partial charge is 0.497 e. The number of amides is 1. The summed E-state index contributed by atoms with van der Waals surface area (Å²) in [5.74, 6) is 1.04. The van der Waals surface area contributed by atoms with Crippen molar-refractivity contribution in [2.75, 3.05) is 19.5 Å². The summed E-state index contributed by atoms with van der Waals surface area (Å²) in [4.78, 5) is 24.0. The lowest BCUT2D eigenvalue weighted by Crippen LogP contribution is -2.19. The number of hydrogen-bond acceptors (Lipinski definition) is 5. The second-order valence-corrected chi connectivity index (χ2v) is 7.64. The fourth-order valence-corrected chi connectivity index (χ4v) is 3.22. The first kappa shape index (κ1) is 21.6. The van der Waals surface area contributed by atoms with E-state index in [4.69, 9.17) is 9.47 Å². The van der Waals surface area contributed by atoms with Gasteiger partial charge in [-0.3, -0.25) is 4.79 Å². The monoisotopic (exact) mass is 521 g/mol. The van der Waals surface area contributed by atoms with Crippen molar-refractivity contribution in [2.45, 2.75) is 12.8 Å². The van der Waals surface area contributed by atoms with Gasteiger partial charge in [-0.15, -0.1) is 4.68 Å². The third kappa shape index (κ3) is 5.29. The van der Waals surface area contributed by atoms with E-state index < -0.39 is 12.0 Å². The zero-order valence-electron chi connectivity index (χ0n) is 16.4. The molecule has 0 saturated heterocycles. The van der Waals surface area contributed by atoms with Crippen LogP contribution in [0.5, 0.6) is 11.5 Å². The lowest BCUT2D eigenvalue weighted by Gasteiger charge is -2.07. The number of aromatic nitrogens is 2. The molecule has 3 aromatic rings. The molecule has 2 N–H and O–H groups in total. The summed E-state index contributed by atoms with van der Waals surface area (Å²) in [7, 11) is 3.16. The molecule has 0 bridgehead atoms. The first-order valence-corrected chi connectivity index (χ1v) is 10.1. The molecular weight excluding hydrogens is 501 g/mol. The van der Waals surface area contributed by atoms with E-state index in [0.717, 1.165) is 13.8 Å². The van der Waals surface area contributed by atoms with Gasteiger partial charge in [0.25, 0.3) is 5.91 Å². The quantitative estimate of drug-likeness (QED) is 0.455. The number of carbonyl (C=O) groups excluding carboxylic acids is 1. The molecule has 156 valence electrons. The molecule has 8 nitrogen and oxygen atoms in total. The van der Waals surface area contributed by atoms with Gasteiger partial charge >= 0.3 is 6.09 Å². The minimum absolute atomic E-state index is 0.101. The van der Waals surface area contributed by atoms with Crippen molar-refractivity contribution in [1.82, 2.24) is 9.78 Å². The Morgan fingerprint density at radius 2 is 1.67 bits per heavy atom. The molecule has 9 heteroatoms. The second kappa shape index (κ2) is 9.61. The topological polar surface area (TPSA) is 103 Å². The predicted octanol–water partition coefficient (Wildman–Crippen LogP) is 4.07. The Hall–Kier alpha value is -3.08.